The lowest BCUT2D eigenvalue weighted by Gasteiger charge is -2.56. The first-order valence-electron chi connectivity index (χ1n) is 11.6. The number of likely N-dealkylation sites (N-methyl/N-ethyl adjacent to an activating group) is 1. The van der Waals surface area contributed by atoms with Crippen molar-refractivity contribution in [3.8, 4) is 0 Å². The van der Waals surface area contributed by atoms with Crippen molar-refractivity contribution >= 4 is 23.4 Å². The second-order valence-corrected chi connectivity index (χ2v) is 10.3. The van der Waals surface area contributed by atoms with Crippen LogP contribution in [0.2, 0.25) is 0 Å². The summed E-state index contributed by atoms with van der Waals surface area (Å²) >= 11 is 0. The van der Waals surface area contributed by atoms with Crippen LogP contribution in [0, 0.1) is 23.2 Å². The zero-order valence-electron chi connectivity index (χ0n) is 18.8. The van der Waals surface area contributed by atoms with Gasteiger partial charge in [0.25, 0.3) is 11.8 Å². The Morgan fingerprint density at radius 3 is 2.31 bits per heavy atom. The molecule has 0 saturated heterocycles. The number of rotatable bonds is 6. The third kappa shape index (κ3) is 3.87. The van der Waals surface area contributed by atoms with Gasteiger partial charge in [-0.2, -0.15) is 0 Å². The van der Waals surface area contributed by atoms with Gasteiger partial charge in [-0.25, -0.2) is 4.98 Å². The molecule has 4 bridgehead atoms. The molecule has 0 unspecified atom stereocenters. The molecule has 4 aliphatic rings. The summed E-state index contributed by atoms with van der Waals surface area (Å²) in [6.45, 7) is 0.624. The van der Waals surface area contributed by atoms with E-state index in [0.717, 1.165) is 24.3 Å². The summed E-state index contributed by atoms with van der Waals surface area (Å²) in [5.41, 5.74) is 1.43. The topological polar surface area (TPSA) is 95.8 Å². The Morgan fingerprint density at radius 1 is 1.03 bits per heavy atom. The zero-order valence-corrected chi connectivity index (χ0v) is 18.8. The van der Waals surface area contributed by atoms with Crippen molar-refractivity contribution in [2.24, 2.45) is 23.2 Å². The van der Waals surface area contributed by atoms with Crippen LogP contribution in [0.4, 0.5) is 0 Å². The SMILES string of the molecule is CN(C)C(=O)CNC(=O)c1cn2c(C(=O)NCC34CC5CC(CC(C5)C3)C4)cccc2n1. The fourth-order valence-electron chi connectivity index (χ4n) is 6.57. The molecule has 0 atom stereocenters. The molecule has 0 spiro atoms. The molecule has 8 nitrogen and oxygen atoms in total. The number of nitrogens with zero attached hydrogens (tertiary/aromatic N) is 3. The minimum absolute atomic E-state index is 0.0991. The predicted octanol–water partition coefficient (Wildman–Crippen LogP) is 2.10. The van der Waals surface area contributed by atoms with Crippen molar-refractivity contribution < 1.29 is 14.4 Å². The van der Waals surface area contributed by atoms with Crippen molar-refractivity contribution in [1.82, 2.24) is 24.9 Å². The third-order valence-corrected chi connectivity index (χ3v) is 7.65. The number of carbonyl (C=O) groups excluding carboxylic acids is 3. The Kier molecular flexibility index (Phi) is 5.18. The van der Waals surface area contributed by atoms with Crippen LogP contribution < -0.4 is 10.6 Å². The van der Waals surface area contributed by atoms with E-state index in [9.17, 15) is 14.4 Å². The monoisotopic (exact) mass is 437 g/mol. The van der Waals surface area contributed by atoms with Gasteiger partial charge >= 0.3 is 0 Å². The first-order chi connectivity index (χ1) is 15.3. The van der Waals surface area contributed by atoms with Crippen LogP contribution in [-0.2, 0) is 4.79 Å². The van der Waals surface area contributed by atoms with E-state index in [2.05, 4.69) is 15.6 Å². The number of nitrogens with one attached hydrogen (secondary N) is 2. The summed E-state index contributed by atoms with van der Waals surface area (Å²) in [4.78, 5) is 43.0. The van der Waals surface area contributed by atoms with Crippen molar-refractivity contribution in [2.75, 3.05) is 27.2 Å². The molecule has 32 heavy (non-hydrogen) atoms. The molecule has 0 radical (unpaired) electrons. The first kappa shape index (κ1) is 21.0. The summed E-state index contributed by atoms with van der Waals surface area (Å²) in [7, 11) is 3.27. The van der Waals surface area contributed by atoms with E-state index in [1.807, 2.05) is 0 Å². The molecule has 0 aliphatic heterocycles. The van der Waals surface area contributed by atoms with Crippen molar-refractivity contribution in [1.29, 1.82) is 0 Å². The largest absolute Gasteiger partial charge is 0.350 e. The van der Waals surface area contributed by atoms with Crippen molar-refractivity contribution in [2.45, 2.75) is 38.5 Å². The molecule has 4 aliphatic carbocycles. The molecule has 6 rings (SSSR count). The molecule has 8 heteroatoms. The van der Waals surface area contributed by atoms with Gasteiger partial charge in [-0.3, -0.25) is 18.8 Å². The Balaban J connectivity index is 1.28. The molecule has 0 aromatic carbocycles. The number of carbonyl (C=O) groups is 3. The number of amides is 3. The van der Waals surface area contributed by atoms with E-state index in [4.69, 9.17) is 0 Å². The maximum absolute atomic E-state index is 13.1. The highest BCUT2D eigenvalue weighted by atomic mass is 16.2. The van der Waals surface area contributed by atoms with E-state index in [1.165, 1.54) is 43.4 Å². The van der Waals surface area contributed by atoms with Crippen LogP contribution in [-0.4, -0.2) is 59.2 Å². The Labute approximate surface area is 187 Å². The lowest BCUT2D eigenvalue weighted by atomic mass is 9.49. The van der Waals surface area contributed by atoms with Gasteiger partial charge in [0.2, 0.25) is 5.91 Å². The molecule has 3 amide bonds. The second kappa shape index (κ2) is 7.90. The van der Waals surface area contributed by atoms with Crippen molar-refractivity contribution in [3.05, 3.63) is 35.8 Å². The molecule has 2 heterocycles. The van der Waals surface area contributed by atoms with Crippen LogP contribution in [0.15, 0.2) is 24.4 Å². The number of fused-ring (bicyclic) bond motifs is 1. The molecular weight excluding hydrogens is 406 g/mol. The maximum atomic E-state index is 13.1. The average Bonchev–Trinajstić information content (AvgIpc) is 3.19. The van der Waals surface area contributed by atoms with Gasteiger partial charge in [-0.05, 0) is 73.8 Å². The van der Waals surface area contributed by atoms with Crippen LogP contribution in [0.5, 0.6) is 0 Å². The van der Waals surface area contributed by atoms with E-state index >= 15 is 0 Å². The van der Waals surface area contributed by atoms with Gasteiger partial charge in [0.05, 0.1) is 6.54 Å². The van der Waals surface area contributed by atoms with Gasteiger partial charge in [-0.1, -0.05) is 6.07 Å². The fraction of sp³-hybridized carbons (Fsp3) is 0.583. The smallest absolute Gasteiger partial charge is 0.271 e. The highest BCUT2D eigenvalue weighted by Gasteiger charge is 2.50. The lowest BCUT2D eigenvalue weighted by Crippen LogP contribution is -2.51. The van der Waals surface area contributed by atoms with Crippen LogP contribution in [0.1, 0.15) is 59.5 Å². The number of aromatic nitrogens is 2. The summed E-state index contributed by atoms with van der Waals surface area (Å²) in [5.74, 6) is 1.75. The van der Waals surface area contributed by atoms with E-state index in [1.54, 1.807) is 42.9 Å². The summed E-state index contributed by atoms with van der Waals surface area (Å²) in [5, 5.41) is 5.78. The Morgan fingerprint density at radius 2 is 1.69 bits per heavy atom. The van der Waals surface area contributed by atoms with Crippen molar-refractivity contribution in [3.63, 3.8) is 0 Å². The molecule has 2 aromatic heterocycles. The third-order valence-electron chi connectivity index (χ3n) is 7.65. The van der Waals surface area contributed by atoms with Gasteiger partial charge in [0.1, 0.15) is 17.0 Å². The normalized spacial score (nSPS) is 28.0. The van der Waals surface area contributed by atoms with Crippen LogP contribution in [0.3, 0.4) is 0 Å². The molecule has 170 valence electrons. The molecular formula is C24H31N5O3. The van der Waals surface area contributed by atoms with Gasteiger partial charge < -0.3 is 15.5 Å². The zero-order chi connectivity index (χ0) is 22.5. The average molecular weight is 438 g/mol. The van der Waals surface area contributed by atoms with Crippen LogP contribution in [0.25, 0.3) is 5.65 Å². The number of pyridine rings is 1. The summed E-state index contributed by atoms with van der Waals surface area (Å²) in [6, 6.07) is 5.29. The summed E-state index contributed by atoms with van der Waals surface area (Å²) in [6.07, 6.45) is 9.43. The standard InChI is InChI=1S/C24H31N5O3/c1-28(2)21(30)12-25-22(31)18-13-29-19(4-3-5-20(29)27-18)23(32)26-14-24-9-15-6-16(10-24)8-17(7-15)11-24/h3-5,13,15-17H,6-12,14H2,1-2H3,(H,25,31)(H,26,32). The minimum Gasteiger partial charge on any atom is -0.350 e. The first-order valence-corrected chi connectivity index (χ1v) is 11.6. The highest BCUT2D eigenvalue weighted by molar-refractivity contribution is 5.97. The quantitative estimate of drug-likeness (QED) is 0.723. The lowest BCUT2D eigenvalue weighted by molar-refractivity contribution is -0.127. The number of imidazole rings is 1. The molecule has 4 fully saturated rings. The molecule has 2 N–H and O–H groups in total. The Hall–Kier alpha value is -2.90. The van der Waals surface area contributed by atoms with Gasteiger partial charge in [-0.15, -0.1) is 0 Å². The molecule has 4 saturated carbocycles. The minimum atomic E-state index is -0.441. The van der Waals surface area contributed by atoms with Gasteiger partial charge in [0, 0.05) is 26.8 Å². The van der Waals surface area contributed by atoms with Gasteiger partial charge in [0.15, 0.2) is 0 Å². The van der Waals surface area contributed by atoms with E-state index in [0.29, 0.717) is 11.3 Å². The Bertz CT molecular complexity index is 1040. The summed E-state index contributed by atoms with van der Waals surface area (Å²) < 4.78 is 1.65. The fourth-order valence-corrected chi connectivity index (χ4v) is 6.57. The van der Waals surface area contributed by atoms with Crippen LogP contribution >= 0.6 is 0 Å². The second-order valence-electron chi connectivity index (χ2n) is 10.3. The van der Waals surface area contributed by atoms with E-state index < -0.39 is 5.91 Å². The predicted molar refractivity (Wildman–Crippen MR) is 119 cm³/mol. The number of hydrogen-bond donors (Lipinski definition) is 2. The molecule has 2 aromatic rings. The maximum Gasteiger partial charge on any atom is 0.271 e. The highest BCUT2D eigenvalue weighted by Crippen LogP contribution is 2.59. The van der Waals surface area contributed by atoms with E-state index in [-0.39, 0.29) is 29.5 Å². The number of hydrogen-bond acceptors (Lipinski definition) is 4.